The van der Waals surface area contributed by atoms with E-state index in [-0.39, 0.29) is 0 Å². The Bertz CT molecular complexity index is 921. The van der Waals surface area contributed by atoms with E-state index >= 15 is 0 Å². The number of hydrogen-bond acceptors (Lipinski definition) is 6. The molecule has 0 spiro atoms. The molecule has 0 saturated heterocycles. The minimum atomic E-state index is 0.417. The highest BCUT2D eigenvalue weighted by Gasteiger charge is 2.08. The second-order valence-electron chi connectivity index (χ2n) is 5.21. The largest absolute Gasteiger partial charge is 0.497 e. The Balaban J connectivity index is 1.80. The molecular formula is C18H16Cl2N4O2. The van der Waals surface area contributed by atoms with Crippen LogP contribution in [0, 0.1) is 0 Å². The van der Waals surface area contributed by atoms with E-state index < -0.39 is 0 Å². The zero-order chi connectivity index (χ0) is 18.5. The van der Waals surface area contributed by atoms with E-state index in [1.165, 1.54) is 0 Å². The van der Waals surface area contributed by atoms with Gasteiger partial charge in [-0.2, -0.15) is 4.98 Å². The summed E-state index contributed by atoms with van der Waals surface area (Å²) in [5, 5.41) is 7.23. The Morgan fingerprint density at radius 3 is 2.46 bits per heavy atom. The number of hydrogen-bond donors (Lipinski definition) is 2. The maximum absolute atomic E-state index is 6.03. The first-order valence-corrected chi connectivity index (χ1v) is 8.39. The number of anilines is 4. The molecular weight excluding hydrogens is 375 g/mol. The van der Waals surface area contributed by atoms with Crippen molar-refractivity contribution in [1.29, 1.82) is 0 Å². The molecule has 0 saturated carbocycles. The summed E-state index contributed by atoms with van der Waals surface area (Å²) in [4.78, 5) is 8.65. The topological polar surface area (TPSA) is 68.3 Å². The fourth-order valence-electron chi connectivity index (χ4n) is 2.23. The van der Waals surface area contributed by atoms with Crippen LogP contribution >= 0.6 is 23.2 Å². The van der Waals surface area contributed by atoms with E-state index in [9.17, 15) is 0 Å². The van der Waals surface area contributed by atoms with Gasteiger partial charge in [0.25, 0.3) is 0 Å². The molecule has 3 aromatic rings. The molecule has 0 amide bonds. The predicted octanol–water partition coefficient (Wildman–Crippen LogP) is 5.29. The number of halogens is 2. The average molecular weight is 391 g/mol. The first-order valence-electron chi connectivity index (χ1n) is 7.63. The molecule has 3 rings (SSSR count). The van der Waals surface area contributed by atoms with Gasteiger partial charge in [0.1, 0.15) is 17.3 Å². The summed E-state index contributed by atoms with van der Waals surface area (Å²) in [5.74, 6) is 2.37. The van der Waals surface area contributed by atoms with Crippen LogP contribution < -0.4 is 20.1 Å². The second-order valence-corrected chi connectivity index (χ2v) is 6.02. The molecule has 0 radical (unpaired) electrons. The van der Waals surface area contributed by atoms with Crippen LogP contribution in [0.25, 0.3) is 0 Å². The summed E-state index contributed by atoms with van der Waals surface area (Å²) in [6, 6.07) is 12.4. The van der Waals surface area contributed by atoms with E-state index in [2.05, 4.69) is 20.6 Å². The summed E-state index contributed by atoms with van der Waals surface area (Å²) < 4.78 is 10.6. The Labute approximate surface area is 161 Å². The van der Waals surface area contributed by atoms with Gasteiger partial charge in [0.15, 0.2) is 0 Å². The summed E-state index contributed by atoms with van der Waals surface area (Å²) in [6.07, 6.45) is 1.64. The summed E-state index contributed by atoms with van der Waals surface area (Å²) >= 11 is 12.0. The highest BCUT2D eigenvalue weighted by Crippen LogP contribution is 2.31. The Morgan fingerprint density at radius 1 is 0.885 bits per heavy atom. The van der Waals surface area contributed by atoms with Crippen LogP contribution in [0.5, 0.6) is 11.5 Å². The average Bonchev–Trinajstić information content (AvgIpc) is 2.65. The molecule has 2 aromatic carbocycles. The molecule has 0 aliphatic heterocycles. The van der Waals surface area contributed by atoms with Crippen molar-refractivity contribution >= 4 is 46.3 Å². The Morgan fingerprint density at radius 2 is 1.73 bits per heavy atom. The molecule has 26 heavy (non-hydrogen) atoms. The first kappa shape index (κ1) is 18.1. The lowest BCUT2D eigenvalue weighted by Gasteiger charge is -2.13. The molecule has 0 aliphatic carbocycles. The van der Waals surface area contributed by atoms with Gasteiger partial charge in [-0.05, 0) is 36.4 Å². The SMILES string of the molecule is COc1ccc(Nc2ccnc(Nc3ccc(Cl)c(Cl)c3)n2)c(OC)c1. The predicted molar refractivity (Wildman–Crippen MR) is 105 cm³/mol. The summed E-state index contributed by atoms with van der Waals surface area (Å²) in [5.41, 5.74) is 1.49. The lowest BCUT2D eigenvalue weighted by atomic mass is 10.2. The molecule has 2 N–H and O–H groups in total. The zero-order valence-corrected chi connectivity index (χ0v) is 15.6. The van der Waals surface area contributed by atoms with Crippen LogP contribution in [0.4, 0.5) is 23.1 Å². The van der Waals surface area contributed by atoms with Crippen molar-refractivity contribution in [2.75, 3.05) is 24.9 Å². The number of nitrogens with one attached hydrogen (secondary N) is 2. The van der Waals surface area contributed by atoms with Crippen LogP contribution in [0.3, 0.4) is 0 Å². The molecule has 0 atom stereocenters. The monoisotopic (exact) mass is 390 g/mol. The quantitative estimate of drug-likeness (QED) is 0.595. The number of ether oxygens (including phenoxy) is 2. The van der Waals surface area contributed by atoms with Crippen LogP contribution in [0.1, 0.15) is 0 Å². The van der Waals surface area contributed by atoms with Crippen LogP contribution in [-0.2, 0) is 0 Å². The molecule has 0 fully saturated rings. The van der Waals surface area contributed by atoms with Gasteiger partial charge >= 0.3 is 0 Å². The molecule has 0 aliphatic rings. The maximum Gasteiger partial charge on any atom is 0.229 e. The summed E-state index contributed by atoms with van der Waals surface area (Å²) in [7, 11) is 3.20. The standard InChI is InChI=1S/C18H16Cl2N4O2/c1-25-12-4-6-15(16(10-12)26-2)23-17-7-8-21-18(24-17)22-11-3-5-13(19)14(20)9-11/h3-10H,1-2H3,(H2,21,22,23,24). The maximum atomic E-state index is 6.03. The lowest BCUT2D eigenvalue weighted by molar-refractivity contribution is 0.395. The van der Waals surface area contributed by atoms with Gasteiger partial charge in [0.2, 0.25) is 5.95 Å². The van der Waals surface area contributed by atoms with Gasteiger partial charge < -0.3 is 20.1 Å². The third-order valence-electron chi connectivity index (χ3n) is 3.50. The second kappa shape index (κ2) is 8.12. The van der Waals surface area contributed by atoms with E-state index in [4.69, 9.17) is 32.7 Å². The van der Waals surface area contributed by atoms with Crippen molar-refractivity contribution in [3.8, 4) is 11.5 Å². The fraction of sp³-hybridized carbons (Fsp3) is 0.111. The van der Waals surface area contributed by atoms with Gasteiger partial charge in [0, 0.05) is 18.0 Å². The van der Waals surface area contributed by atoms with Crippen molar-refractivity contribution in [3.63, 3.8) is 0 Å². The van der Waals surface area contributed by atoms with E-state index in [1.807, 2.05) is 12.1 Å². The van der Waals surface area contributed by atoms with Crippen molar-refractivity contribution in [3.05, 3.63) is 58.7 Å². The highest BCUT2D eigenvalue weighted by molar-refractivity contribution is 6.42. The first-order chi connectivity index (χ1) is 12.6. The van der Waals surface area contributed by atoms with E-state index in [0.29, 0.717) is 33.3 Å². The van der Waals surface area contributed by atoms with Crippen molar-refractivity contribution in [1.82, 2.24) is 9.97 Å². The van der Waals surface area contributed by atoms with Gasteiger partial charge in [-0.15, -0.1) is 0 Å². The highest BCUT2D eigenvalue weighted by atomic mass is 35.5. The molecule has 0 bridgehead atoms. The number of methoxy groups -OCH3 is 2. The smallest absolute Gasteiger partial charge is 0.229 e. The fourth-order valence-corrected chi connectivity index (χ4v) is 2.53. The van der Waals surface area contributed by atoms with Crippen LogP contribution in [0.2, 0.25) is 10.0 Å². The third-order valence-corrected chi connectivity index (χ3v) is 4.24. The Hall–Kier alpha value is -2.70. The minimum Gasteiger partial charge on any atom is -0.497 e. The molecule has 6 nitrogen and oxygen atoms in total. The number of nitrogens with zero attached hydrogens (tertiary/aromatic N) is 2. The lowest BCUT2D eigenvalue weighted by Crippen LogP contribution is -2.01. The van der Waals surface area contributed by atoms with Crippen LogP contribution in [-0.4, -0.2) is 24.2 Å². The van der Waals surface area contributed by atoms with Gasteiger partial charge in [0.05, 0.1) is 30.0 Å². The number of rotatable bonds is 6. The van der Waals surface area contributed by atoms with Crippen molar-refractivity contribution in [2.45, 2.75) is 0 Å². The van der Waals surface area contributed by atoms with Gasteiger partial charge in [-0.1, -0.05) is 23.2 Å². The molecule has 1 aromatic heterocycles. The minimum absolute atomic E-state index is 0.417. The zero-order valence-electron chi connectivity index (χ0n) is 14.1. The van der Waals surface area contributed by atoms with Crippen molar-refractivity contribution < 1.29 is 9.47 Å². The molecule has 8 heteroatoms. The van der Waals surface area contributed by atoms with E-state index in [1.54, 1.807) is 50.7 Å². The number of aromatic nitrogens is 2. The molecule has 134 valence electrons. The van der Waals surface area contributed by atoms with E-state index in [0.717, 1.165) is 11.4 Å². The number of benzene rings is 2. The van der Waals surface area contributed by atoms with Gasteiger partial charge in [-0.25, -0.2) is 4.98 Å². The molecule has 0 unspecified atom stereocenters. The van der Waals surface area contributed by atoms with Crippen LogP contribution in [0.15, 0.2) is 48.7 Å². The van der Waals surface area contributed by atoms with Crippen molar-refractivity contribution in [2.24, 2.45) is 0 Å². The Kier molecular flexibility index (Phi) is 5.65. The molecule has 1 heterocycles. The van der Waals surface area contributed by atoms with Gasteiger partial charge in [-0.3, -0.25) is 0 Å². The normalized spacial score (nSPS) is 10.3. The third kappa shape index (κ3) is 4.28. The summed E-state index contributed by atoms with van der Waals surface area (Å²) in [6.45, 7) is 0.